The minimum Gasteiger partial charge on any atom is -0.494 e. The van der Waals surface area contributed by atoms with Gasteiger partial charge in [-0.3, -0.25) is 4.79 Å². The van der Waals surface area contributed by atoms with Crippen LogP contribution in [0.3, 0.4) is 0 Å². The molecule has 2 rings (SSSR count). The summed E-state index contributed by atoms with van der Waals surface area (Å²) in [4.78, 5) is 12.2. The fourth-order valence-corrected chi connectivity index (χ4v) is 2.26. The van der Waals surface area contributed by atoms with Crippen molar-refractivity contribution in [3.63, 3.8) is 0 Å². The summed E-state index contributed by atoms with van der Waals surface area (Å²) in [6.45, 7) is 1.46. The van der Waals surface area contributed by atoms with Crippen LogP contribution in [0.2, 0.25) is 0 Å². The summed E-state index contributed by atoms with van der Waals surface area (Å²) >= 11 is 0. The van der Waals surface area contributed by atoms with E-state index in [0.717, 1.165) is 6.07 Å². The summed E-state index contributed by atoms with van der Waals surface area (Å²) in [7, 11) is 1.38. The zero-order chi connectivity index (χ0) is 14.6. The fraction of sp³-hybridized carbons (Fsp3) is 0.500. The van der Waals surface area contributed by atoms with E-state index < -0.39 is 11.4 Å². The smallest absolute Gasteiger partial charge is 0.251 e. The maximum Gasteiger partial charge on any atom is 0.251 e. The van der Waals surface area contributed by atoms with Crippen molar-refractivity contribution in [1.29, 1.82) is 0 Å². The predicted molar refractivity (Wildman–Crippen MR) is 72.3 cm³/mol. The molecule has 1 fully saturated rings. The van der Waals surface area contributed by atoms with Crippen LogP contribution in [0.25, 0.3) is 0 Å². The molecule has 110 valence electrons. The molecule has 5 nitrogen and oxygen atoms in total. The van der Waals surface area contributed by atoms with E-state index in [0.29, 0.717) is 32.6 Å². The molecule has 0 bridgehead atoms. The number of carbonyl (C=O) groups is 1. The minimum absolute atomic E-state index is 0.112. The molecule has 0 spiro atoms. The van der Waals surface area contributed by atoms with E-state index in [1.54, 1.807) is 0 Å². The lowest BCUT2D eigenvalue weighted by atomic mass is 9.89. The topological polar surface area (TPSA) is 73.6 Å². The van der Waals surface area contributed by atoms with E-state index in [2.05, 4.69) is 5.32 Å². The van der Waals surface area contributed by atoms with Gasteiger partial charge in [-0.25, -0.2) is 4.39 Å². The van der Waals surface area contributed by atoms with E-state index in [9.17, 15) is 9.18 Å². The second-order valence-electron chi connectivity index (χ2n) is 4.90. The normalized spacial score (nSPS) is 17.6. The summed E-state index contributed by atoms with van der Waals surface area (Å²) in [6.07, 6.45) is 1.32. The molecule has 1 aliphatic heterocycles. The predicted octanol–water partition coefficient (Wildman–Crippen LogP) is 1.07. The third kappa shape index (κ3) is 3.08. The van der Waals surface area contributed by atoms with Crippen LogP contribution in [-0.2, 0) is 4.74 Å². The largest absolute Gasteiger partial charge is 0.494 e. The van der Waals surface area contributed by atoms with Gasteiger partial charge in [0.15, 0.2) is 11.6 Å². The average molecular weight is 282 g/mol. The van der Waals surface area contributed by atoms with Crippen LogP contribution >= 0.6 is 0 Å². The van der Waals surface area contributed by atoms with E-state index >= 15 is 0 Å². The van der Waals surface area contributed by atoms with Crippen molar-refractivity contribution in [2.24, 2.45) is 5.73 Å². The van der Waals surface area contributed by atoms with Crippen LogP contribution in [0.1, 0.15) is 23.2 Å². The van der Waals surface area contributed by atoms with Crippen molar-refractivity contribution in [3.8, 4) is 5.75 Å². The monoisotopic (exact) mass is 282 g/mol. The van der Waals surface area contributed by atoms with Crippen molar-refractivity contribution in [3.05, 3.63) is 29.6 Å². The van der Waals surface area contributed by atoms with E-state index in [4.69, 9.17) is 15.2 Å². The lowest BCUT2D eigenvalue weighted by Crippen LogP contribution is -2.56. The first kappa shape index (κ1) is 14.7. The van der Waals surface area contributed by atoms with Crippen molar-refractivity contribution < 1.29 is 18.7 Å². The Labute approximate surface area is 117 Å². The third-order valence-corrected chi connectivity index (χ3v) is 3.63. The first-order valence-corrected chi connectivity index (χ1v) is 6.54. The highest BCUT2D eigenvalue weighted by Gasteiger charge is 2.33. The second-order valence-corrected chi connectivity index (χ2v) is 4.90. The van der Waals surface area contributed by atoms with Gasteiger partial charge >= 0.3 is 0 Å². The SMILES string of the molecule is COc1ccc(C(=O)NC2(CN)CCOCC2)cc1F. The number of carbonyl (C=O) groups excluding carboxylic acids is 1. The molecule has 0 radical (unpaired) electrons. The molecule has 3 N–H and O–H groups in total. The number of amides is 1. The molecule has 0 aromatic heterocycles. The molecular formula is C14H19FN2O3. The van der Waals surface area contributed by atoms with Crippen LogP contribution in [0.4, 0.5) is 4.39 Å². The molecule has 0 unspecified atom stereocenters. The molecule has 0 aliphatic carbocycles. The van der Waals surface area contributed by atoms with Gasteiger partial charge in [-0.15, -0.1) is 0 Å². The Morgan fingerprint density at radius 2 is 2.20 bits per heavy atom. The third-order valence-electron chi connectivity index (χ3n) is 3.63. The highest BCUT2D eigenvalue weighted by atomic mass is 19.1. The molecule has 1 heterocycles. The number of nitrogens with one attached hydrogen (secondary N) is 1. The Morgan fingerprint density at radius 3 is 2.75 bits per heavy atom. The molecule has 1 amide bonds. The zero-order valence-corrected chi connectivity index (χ0v) is 11.4. The van der Waals surface area contributed by atoms with Crippen molar-refractivity contribution >= 4 is 5.91 Å². The van der Waals surface area contributed by atoms with Crippen LogP contribution < -0.4 is 15.8 Å². The fourth-order valence-electron chi connectivity index (χ4n) is 2.26. The second kappa shape index (κ2) is 6.19. The van der Waals surface area contributed by atoms with Crippen molar-refractivity contribution in [2.75, 3.05) is 26.9 Å². The summed E-state index contributed by atoms with van der Waals surface area (Å²) in [5.74, 6) is -0.783. The van der Waals surface area contributed by atoms with Crippen molar-refractivity contribution in [1.82, 2.24) is 5.32 Å². The Balaban J connectivity index is 2.12. The standard InChI is InChI=1S/C14H19FN2O3/c1-19-12-3-2-10(8-11(12)15)13(18)17-14(9-16)4-6-20-7-5-14/h2-3,8H,4-7,9,16H2,1H3,(H,17,18). The van der Waals surface area contributed by atoms with Gasteiger partial charge < -0.3 is 20.5 Å². The Bertz CT molecular complexity index is 487. The Kier molecular flexibility index (Phi) is 4.57. The van der Waals surface area contributed by atoms with Gasteiger partial charge in [0.25, 0.3) is 5.91 Å². The number of hydrogen-bond acceptors (Lipinski definition) is 4. The summed E-state index contributed by atoms with van der Waals surface area (Å²) in [5, 5.41) is 2.91. The van der Waals surface area contributed by atoms with Gasteiger partial charge in [0.2, 0.25) is 0 Å². The van der Waals surface area contributed by atoms with Crippen LogP contribution in [-0.4, -0.2) is 38.3 Å². The van der Waals surface area contributed by atoms with Gasteiger partial charge in [-0.2, -0.15) is 0 Å². The Hall–Kier alpha value is -1.66. The Morgan fingerprint density at radius 1 is 1.50 bits per heavy atom. The number of hydrogen-bond donors (Lipinski definition) is 2. The summed E-state index contributed by atoms with van der Waals surface area (Å²) in [6, 6.07) is 4.13. The molecule has 1 aliphatic rings. The van der Waals surface area contributed by atoms with Crippen LogP contribution in [0, 0.1) is 5.82 Å². The highest BCUT2D eigenvalue weighted by molar-refractivity contribution is 5.94. The van der Waals surface area contributed by atoms with Crippen LogP contribution in [0.5, 0.6) is 5.75 Å². The lowest BCUT2D eigenvalue weighted by molar-refractivity contribution is 0.0388. The average Bonchev–Trinajstić information content (AvgIpc) is 2.48. The molecule has 1 saturated heterocycles. The van der Waals surface area contributed by atoms with Gasteiger partial charge in [-0.1, -0.05) is 0 Å². The summed E-state index contributed by atoms with van der Waals surface area (Å²) < 4.78 is 23.7. The zero-order valence-electron chi connectivity index (χ0n) is 11.4. The maximum absolute atomic E-state index is 13.6. The van der Waals surface area contributed by atoms with Crippen molar-refractivity contribution in [2.45, 2.75) is 18.4 Å². The van der Waals surface area contributed by atoms with Gasteiger partial charge in [0, 0.05) is 25.3 Å². The quantitative estimate of drug-likeness (QED) is 0.866. The highest BCUT2D eigenvalue weighted by Crippen LogP contribution is 2.22. The number of ether oxygens (including phenoxy) is 2. The maximum atomic E-state index is 13.6. The van der Waals surface area contributed by atoms with E-state index in [1.807, 2.05) is 0 Å². The van der Waals surface area contributed by atoms with Gasteiger partial charge in [-0.05, 0) is 31.0 Å². The molecule has 0 saturated carbocycles. The molecule has 20 heavy (non-hydrogen) atoms. The number of nitrogens with two attached hydrogens (primary N) is 1. The number of benzene rings is 1. The molecule has 1 aromatic carbocycles. The van der Waals surface area contributed by atoms with Crippen LogP contribution in [0.15, 0.2) is 18.2 Å². The molecule has 0 atom stereocenters. The van der Waals surface area contributed by atoms with E-state index in [1.165, 1.54) is 19.2 Å². The first-order valence-electron chi connectivity index (χ1n) is 6.54. The van der Waals surface area contributed by atoms with Gasteiger partial charge in [0.05, 0.1) is 12.6 Å². The van der Waals surface area contributed by atoms with E-state index in [-0.39, 0.29) is 17.2 Å². The molecule has 1 aromatic rings. The number of halogens is 1. The summed E-state index contributed by atoms with van der Waals surface area (Å²) in [5.41, 5.74) is 5.56. The first-order chi connectivity index (χ1) is 9.60. The molecule has 6 heteroatoms. The number of rotatable bonds is 4. The molecular weight excluding hydrogens is 263 g/mol. The number of methoxy groups -OCH3 is 1. The minimum atomic E-state index is -0.561. The lowest BCUT2D eigenvalue weighted by Gasteiger charge is -2.36. The van der Waals surface area contributed by atoms with Gasteiger partial charge in [0.1, 0.15) is 0 Å².